The molecule has 0 fully saturated rings. The van der Waals surface area contributed by atoms with Crippen molar-refractivity contribution in [2.24, 2.45) is 5.73 Å². The van der Waals surface area contributed by atoms with E-state index in [0.717, 1.165) is 0 Å². The first-order valence-electron chi connectivity index (χ1n) is 4.75. The minimum absolute atomic E-state index is 0.584. The molecule has 0 saturated heterocycles. The van der Waals surface area contributed by atoms with Crippen LogP contribution in [-0.4, -0.2) is 4.57 Å². The summed E-state index contributed by atoms with van der Waals surface area (Å²) in [6, 6.07) is 10.3. The third-order valence-electron chi connectivity index (χ3n) is 2.47. The molecular formula is C12H14N2. The molecule has 0 aliphatic carbocycles. The Balaban J connectivity index is 2.58. The Bertz CT molecular complexity index is 416. The van der Waals surface area contributed by atoms with Crippen LogP contribution in [0.1, 0.15) is 11.1 Å². The van der Waals surface area contributed by atoms with Gasteiger partial charge in [0.05, 0.1) is 0 Å². The first-order valence-corrected chi connectivity index (χ1v) is 4.75. The van der Waals surface area contributed by atoms with Crippen molar-refractivity contribution in [1.82, 2.24) is 4.57 Å². The van der Waals surface area contributed by atoms with Gasteiger partial charge in [-0.05, 0) is 36.2 Å². The van der Waals surface area contributed by atoms with E-state index in [1.807, 2.05) is 24.5 Å². The van der Waals surface area contributed by atoms with Crippen molar-refractivity contribution in [2.75, 3.05) is 0 Å². The second-order valence-corrected chi connectivity index (χ2v) is 3.37. The SMILES string of the molecule is Cc1cccc(-n2cccc2)c1CN. The molecule has 2 rings (SSSR count). The molecule has 0 spiro atoms. The van der Waals surface area contributed by atoms with Crippen LogP contribution in [0.25, 0.3) is 5.69 Å². The van der Waals surface area contributed by atoms with Crippen molar-refractivity contribution >= 4 is 0 Å². The molecule has 2 nitrogen and oxygen atoms in total. The molecule has 0 bridgehead atoms. The van der Waals surface area contributed by atoms with E-state index in [2.05, 4.69) is 29.7 Å². The van der Waals surface area contributed by atoms with Gasteiger partial charge < -0.3 is 10.3 Å². The van der Waals surface area contributed by atoms with E-state index in [1.54, 1.807) is 0 Å². The van der Waals surface area contributed by atoms with E-state index in [-0.39, 0.29) is 0 Å². The van der Waals surface area contributed by atoms with Gasteiger partial charge in [0, 0.05) is 24.6 Å². The summed E-state index contributed by atoms with van der Waals surface area (Å²) in [6.45, 7) is 2.68. The van der Waals surface area contributed by atoms with E-state index in [0.29, 0.717) is 6.54 Å². The fourth-order valence-corrected chi connectivity index (χ4v) is 1.69. The molecule has 1 aromatic heterocycles. The lowest BCUT2D eigenvalue weighted by molar-refractivity contribution is 0.978. The van der Waals surface area contributed by atoms with Gasteiger partial charge in [0.15, 0.2) is 0 Å². The van der Waals surface area contributed by atoms with Crippen molar-refractivity contribution in [2.45, 2.75) is 13.5 Å². The van der Waals surface area contributed by atoms with Crippen LogP contribution in [0, 0.1) is 6.92 Å². The highest BCUT2D eigenvalue weighted by Gasteiger charge is 2.03. The highest BCUT2D eigenvalue weighted by molar-refractivity contribution is 5.45. The lowest BCUT2D eigenvalue weighted by Crippen LogP contribution is -2.05. The summed E-state index contributed by atoms with van der Waals surface area (Å²) in [5.74, 6) is 0. The van der Waals surface area contributed by atoms with Gasteiger partial charge >= 0.3 is 0 Å². The zero-order chi connectivity index (χ0) is 9.97. The normalized spacial score (nSPS) is 10.4. The second kappa shape index (κ2) is 3.68. The summed E-state index contributed by atoms with van der Waals surface area (Å²) in [5.41, 5.74) is 9.38. The molecule has 0 saturated carbocycles. The smallest absolute Gasteiger partial charge is 0.0496 e. The van der Waals surface area contributed by atoms with Crippen LogP contribution in [0.5, 0.6) is 0 Å². The lowest BCUT2D eigenvalue weighted by Gasteiger charge is -2.11. The molecule has 0 unspecified atom stereocenters. The van der Waals surface area contributed by atoms with Crippen LogP contribution in [0.2, 0.25) is 0 Å². The molecule has 2 aromatic rings. The van der Waals surface area contributed by atoms with Gasteiger partial charge in [-0.2, -0.15) is 0 Å². The van der Waals surface area contributed by atoms with Crippen LogP contribution in [0.3, 0.4) is 0 Å². The summed E-state index contributed by atoms with van der Waals surface area (Å²) in [4.78, 5) is 0. The Morgan fingerprint density at radius 1 is 1.14 bits per heavy atom. The number of nitrogens with two attached hydrogens (primary N) is 1. The van der Waals surface area contributed by atoms with E-state index in [9.17, 15) is 0 Å². The Morgan fingerprint density at radius 3 is 2.50 bits per heavy atom. The first kappa shape index (κ1) is 9.03. The van der Waals surface area contributed by atoms with E-state index >= 15 is 0 Å². The van der Waals surface area contributed by atoms with Gasteiger partial charge in [-0.1, -0.05) is 12.1 Å². The van der Waals surface area contributed by atoms with E-state index < -0.39 is 0 Å². The Kier molecular flexibility index (Phi) is 2.37. The molecule has 72 valence electrons. The third-order valence-corrected chi connectivity index (χ3v) is 2.47. The fraction of sp³-hybridized carbons (Fsp3) is 0.167. The summed E-state index contributed by atoms with van der Waals surface area (Å²) in [6.07, 6.45) is 4.07. The number of aromatic nitrogens is 1. The predicted molar refractivity (Wildman–Crippen MR) is 58.4 cm³/mol. The van der Waals surface area contributed by atoms with Crippen LogP contribution >= 0.6 is 0 Å². The molecule has 0 radical (unpaired) electrons. The number of rotatable bonds is 2. The zero-order valence-electron chi connectivity index (χ0n) is 8.27. The maximum atomic E-state index is 5.74. The minimum atomic E-state index is 0.584. The number of aryl methyl sites for hydroxylation is 1. The highest BCUT2D eigenvalue weighted by atomic mass is 14.9. The number of hydrogen-bond acceptors (Lipinski definition) is 1. The van der Waals surface area contributed by atoms with Gasteiger partial charge in [-0.3, -0.25) is 0 Å². The van der Waals surface area contributed by atoms with Crippen LogP contribution in [0.15, 0.2) is 42.7 Å². The summed E-state index contributed by atoms with van der Waals surface area (Å²) >= 11 is 0. The third kappa shape index (κ3) is 1.44. The molecule has 2 heteroatoms. The first-order chi connectivity index (χ1) is 6.83. The standard InChI is InChI=1S/C12H14N2/c1-10-5-4-6-12(11(10)9-13)14-7-2-3-8-14/h2-8H,9,13H2,1H3. The minimum Gasteiger partial charge on any atom is -0.326 e. The Hall–Kier alpha value is -1.54. The molecule has 0 aliphatic heterocycles. The number of benzene rings is 1. The quantitative estimate of drug-likeness (QED) is 0.766. The summed E-state index contributed by atoms with van der Waals surface area (Å²) in [5, 5.41) is 0. The highest BCUT2D eigenvalue weighted by Crippen LogP contribution is 2.17. The van der Waals surface area contributed by atoms with E-state index in [4.69, 9.17) is 5.73 Å². The zero-order valence-corrected chi connectivity index (χ0v) is 8.27. The molecule has 0 aliphatic rings. The monoisotopic (exact) mass is 186 g/mol. The topological polar surface area (TPSA) is 30.9 Å². The Labute approximate surface area is 84.0 Å². The maximum Gasteiger partial charge on any atom is 0.0496 e. The molecule has 0 atom stereocenters. The molecule has 1 aromatic carbocycles. The molecular weight excluding hydrogens is 172 g/mol. The van der Waals surface area contributed by atoms with Gasteiger partial charge in [-0.25, -0.2) is 0 Å². The van der Waals surface area contributed by atoms with Gasteiger partial charge in [0.25, 0.3) is 0 Å². The lowest BCUT2D eigenvalue weighted by atomic mass is 10.1. The number of hydrogen-bond donors (Lipinski definition) is 1. The van der Waals surface area contributed by atoms with Crippen molar-refractivity contribution < 1.29 is 0 Å². The largest absolute Gasteiger partial charge is 0.326 e. The Morgan fingerprint density at radius 2 is 1.86 bits per heavy atom. The van der Waals surface area contributed by atoms with E-state index in [1.165, 1.54) is 16.8 Å². The molecule has 14 heavy (non-hydrogen) atoms. The average Bonchev–Trinajstić information content (AvgIpc) is 2.70. The average molecular weight is 186 g/mol. The van der Waals surface area contributed by atoms with Crippen molar-refractivity contribution in [3.8, 4) is 5.69 Å². The predicted octanol–water partition coefficient (Wildman–Crippen LogP) is 2.24. The molecule has 0 amide bonds. The molecule has 2 N–H and O–H groups in total. The summed E-state index contributed by atoms with van der Waals surface area (Å²) < 4.78 is 2.09. The van der Waals surface area contributed by atoms with Crippen LogP contribution in [0.4, 0.5) is 0 Å². The van der Waals surface area contributed by atoms with Gasteiger partial charge in [-0.15, -0.1) is 0 Å². The van der Waals surface area contributed by atoms with Gasteiger partial charge in [0.2, 0.25) is 0 Å². The second-order valence-electron chi connectivity index (χ2n) is 3.37. The number of nitrogens with zero attached hydrogens (tertiary/aromatic N) is 1. The van der Waals surface area contributed by atoms with Crippen LogP contribution in [-0.2, 0) is 6.54 Å². The summed E-state index contributed by atoms with van der Waals surface area (Å²) in [7, 11) is 0. The van der Waals surface area contributed by atoms with Gasteiger partial charge in [0.1, 0.15) is 0 Å². The van der Waals surface area contributed by atoms with Crippen molar-refractivity contribution in [1.29, 1.82) is 0 Å². The fourth-order valence-electron chi connectivity index (χ4n) is 1.69. The van der Waals surface area contributed by atoms with Crippen molar-refractivity contribution in [3.05, 3.63) is 53.9 Å². The maximum absolute atomic E-state index is 5.74. The molecule has 1 heterocycles. The van der Waals surface area contributed by atoms with Crippen molar-refractivity contribution in [3.63, 3.8) is 0 Å². The van der Waals surface area contributed by atoms with Crippen LogP contribution < -0.4 is 5.73 Å².